The molecule has 0 aliphatic carbocycles. The molecule has 0 spiro atoms. The molecule has 0 saturated carbocycles. The smallest absolute Gasteiger partial charge is 0.149 e. The average Bonchev–Trinajstić information content (AvgIpc) is 2.69. The zero-order valence-electron chi connectivity index (χ0n) is 8.36. The highest BCUT2D eigenvalue weighted by Crippen LogP contribution is 2.15. The van der Waals surface area contributed by atoms with Gasteiger partial charge in [-0.2, -0.15) is 5.10 Å². The zero-order chi connectivity index (χ0) is 10.7. The first-order valence-corrected chi connectivity index (χ1v) is 4.56. The number of aryl methyl sites for hydroxylation is 1. The highest BCUT2D eigenvalue weighted by molar-refractivity contribution is 5.61. The van der Waals surface area contributed by atoms with Gasteiger partial charge in [-0.3, -0.25) is 5.10 Å². The van der Waals surface area contributed by atoms with Crippen LogP contribution in [0.5, 0.6) is 0 Å². The summed E-state index contributed by atoms with van der Waals surface area (Å²) in [7, 11) is 0. The van der Waals surface area contributed by atoms with Gasteiger partial charge in [0.2, 0.25) is 0 Å². The molecule has 4 N–H and O–H groups in total. The van der Waals surface area contributed by atoms with Crippen molar-refractivity contribution >= 4 is 11.5 Å². The van der Waals surface area contributed by atoms with Gasteiger partial charge < -0.3 is 11.1 Å². The van der Waals surface area contributed by atoms with Crippen LogP contribution < -0.4 is 11.1 Å². The van der Waals surface area contributed by atoms with E-state index in [1.165, 1.54) is 6.33 Å². The van der Waals surface area contributed by atoms with Gasteiger partial charge in [-0.25, -0.2) is 9.97 Å². The summed E-state index contributed by atoms with van der Waals surface area (Å²) in [6, 6.07) is 1.87. The number of rotatable bonds is 3. The number of aromatic nitrogens is 4. The van der Waals surface area contributed by atoms with E-state index in [0.717, 1.165) is 11.4 Å². The number of nitrogens with one attached hydrogen (secondary N) is 2. The summed E-state index contributed by atoms with van der Waals surface area (Å²) in [6.07, 6.45) is 3.22. The molecule has 0 atom stereocenters. The zero-order valence-corrected chi connectivity index (χ0v) is 8.36. The van der Waals surface area contributed by atoms with Gasteiger partial charge >= 0.3 is 0 Å². The summed E-state index contributed by atoms with van der Waals surface area (Å²) < 4.78 is 0. The minimum Gasteiger partial charge on any atom is -0.396 e. The number of pyridine rings is 1. The SMILES string of the molecule is Cc1cnc(NCc2ncn[nH]2)c(N)c1. The molecule has 2 rings (SSSR count). The van der Waals surface area contributed by atoms with E-state index in [-0.39, 0.29) is 0 Å². The Morgan fingerprint density at radius 1 is 1.47 bits per heavy atom. The predicted molar refractivity (Wildman–Crippen MR) is 57.1 cm³/mol. The molecule has 78 valence electrons. The van der Waals surface area contributed by atoms with Crippen LogP contribution in [-0.2, 0) is 6.54 Å². The quantitative estimate of drug-likeness (QED) is 0.684. The lowest BCUT2D eigenvalue weighted by molar-refractivity contribution is 0.948. The monoisotopic (exact) mass is 204 g/mol. The van der Waals surface area contributed by atoms with Crippen LogP contribution >= 0.6 is 0 Å². The summed E-state index contributed by atoms with van der Waals surface area (Å²) in [6.45, 7) is 2.48. The summed E-state index contributed by atoms with van der Waals surface area (Å²) >= 11 is 0. The number of hydrogen-bond donors (Lipinski definition) is 3. The van der Waals surface area contributed by atoms with E-state index in [2.05, 4.69) is 25.5 Å². The van der Waals surface area contributed by atoms with Crippen molar-refractivity contribution in [2.75, 3.05) is 11.1 Å². The van der Waals surface area contributed by atoms with Gasteiger partial charge in [0.1, 0.15) is 18.0 Å². The van der Waals surface area contributed by atoms with Crippen LogP contribution in [0.4, 0.5) is 11.5 Å². The molecular formula is C9H12N6. The molecule has 0 aliphatic rings. The number of nitrogens with zero attached hydrogens (tertiary/aromatic N) is 3. The second-order valence-corrected chi connectivity index (χ2v) is 3.24. The van der Waals surface area contributed by atoms with Gasteiger partial charge in [-0.15, -0.1) is 0 Å². The Morgan fingerprint density at radius 3 is 3.00 bits per heavy atom. The largest absolute Gasteiger partial charge is 0.396 e. The molecule has 0 amide bonds. The Balaban J connectivity index is 2.05. The van der Waals surface area contributed by atoms with Crippen molar-refractivity contribution in [2.45, 2.75) is 13.5 Å². The number of hydrogen-bond acceptors (Lipinski definition) is 5. The van der Waals surface area contributed by atoms with Crippen molar-refractivity contribution in [1.29, 1.82) is 0 Å². The van der Waals surface area contributed by atoms with Crippen molar-refractivity contribution in [3.63, 3.8) is 0 Å². The molecule has 0 radical (unpaired) electrons. The third kappa shape index (κ3) is 2.22. The molecule has 0 fully saturated rings. The van der Waals surface area contributed by atoms with E-state index in [1.54, 1.807) is 6.20 Å². The molecule has 2 heterocycles. The first kappa shape index (κ1) is 9.45. The Morgan fingerprint density at radius 2 is 2.33 bits per heavy atom. The van der Waals surface area contributed by atoms with Gasteiger partial charge in [0.15, 0.2) is 0 Å². The minimum absolute atomic E-state index is 0.528. The maximum atomic E-state index is 5.79. The molecule has 2 aromatic rings. The first-order chi connectivity index (χ1) is 7.25. The molecule has 0 unspecified atom stereocenters. The lowest BCUT2D eigenvalue weighted by atomic mass is 10.3. The van der Waals surface area contributed by atoms with Crippen molar-refractivity contribution in [3.8, 4) is 0 Å². The molecule has 0 bridgehead atoms. The number of aromatic amines is 1. The summed E-state index contributed by atoms with van der Waals surface area (Å²) in [5, 5.41) is 9.56. The minimum atomic E-state index is 0.528. The maximum Gasteiger partial charge on any atom is 0.149 e. The van der Waals surface area contributed by atoms with Crippen LogP contribution in [0.2, 0.25) is 0 Å². The van der Waals surface area contributed by atoms with Crippen molar-refractivity contribution < 1.29 is 0 Å². The topological polar surface area (TPSA) is 92.5 Å². The number of nitrogens with two attached hydrogens (primary N) is 1. The summed E-state index contributed by atoms with van der Waals surface area (Å²) in [5.74, 6) is 1.41. The second kappa shape index (κ2) is 3.95. The van der Waals surface area contributed by atoms with Crippen molar-refractivity contribution in [1.82, 2.24) is 20.2 Å². The van der Waals surface area contributed by atoms with Crippen LogP contribution in [0.15, 0.2) is 18.6 Å². The number of H-pyrrole nitrogens is 1. The lowest BCUT2D eigenvalue weighted by Crippen LogP contribution is -2.05. The van der Waals surface area contributed by atoms with Crippen LogP contribution in [0.3, 0.4) is 0 Å². The van der Waals surface area contributed by atoms with Gasteiger partial charge in [-0.1, -0.05) is 0 Å². The van der Waals surface area contributed by atoms with Gasteiger partial charge in [-0.05, 0) is 18.6 Å². The number of nitrogen functional groups attached to an aromatic ring is 1. The molecule has 6 heteroatoms. The Kier molecular flexibility index (Phi) is 2.49. The summed E-state index contributed by atoms with van der Waals surface area (Å²) in [4.78, 5) is 8.16. The molecule has 6 nitrogen and oxygen atoms in total. The molecule has 0 aliphatic heterocycles. The van der Waals surface area contributed by atoms with Gasteiger partial charge in [0, 0.05) is 6.20 Å². The normalized spacial score (nSPS) is 10.2. The van der Waals surface area contributed by atoms with E-state index in [4.69, 9.17) is 5.73 Å². The van der Waals surface area contributed by atoms with E-state index < -0.39 is 0 Å². The van der Waals surface area contributed by atoms with Gasteiger partial charge in [0.05, 0.1) is 12.2 Å². The number of anilines is 2. The third-order valence-corrected chi connectivity index (χ3v) is 1.94. The average molecular weight is 204 g/mol. The van der Waals surface area contributed by atoms with Crippen LogP contribution in [0, 0.1) is 6.92 Å². The fourth-order valence-electron chi connectivity index (χ4n) is 1.22. The van der Waals surface area contributed by atoms with Crippen molar-refractivity contribution in [2.24, 2.45) is 0 Å². The van der Waals surface area contributed by atoms with Gasteiger partial charge in [0.25, 0.3) is 0 Å². The fourth-order valence-corrected chi connectivity index (χ4v) is 1.22. The van der Waals surface area contributed by atoms with E-state index >= 15 is 0 Å². The Bertz CT molecular complexity index is 436. The fraction of sp³-hybridized carbons (Fsp3) is 0.222. The molecule has 0 aromatic carbocycles. The van der Waals surface area contributed by atoms with Crippen LogP contribution in [0.1, 0.15) is 11.4 Å². The molecule has 0 saturated heterocycles. The van der Waals surface area contributed by atoms with Crippen LogP contribution in [0.25, 0.3) is 0 Å². The molecule has 15 heavy (non-hydrogen) atoms. The standard InChI is InChI=1S/C9H12N6/c1-6-2-7(10)9(11-3-6)12-4-8-13-5-14-15-8/h2-3,5H,4,10H2,1H3,(H,11,12)(H,13,14,15). The Hall–Kier alpha value is -2.11. The van der Waals surface area contributed by atoms with E-state index in [9.17, 15) is 0 Å². The third-order valence-electron chi connectivity index (χ3n) is 1.94. The summed E-state index contributed by atoms with van der Waals surface area (Å²) in [5.41, 5.74) is 7.46. The van der Waals surface area contributed by atoms with E-state index in [1.807, 2.05) is 13.0 Å². The Labute approximate surface area is 86.9 Å². The highest BCUT2D eigenvalue weighted by Gasteiger charge is 2.01. The molecular weight excluding hydrogens is 192 g/mol. The van der Waals surface area contributed by atoms with E-state index in [0.29, 0.717) is 18.1 Å². The first-order valence-electron chi connectivity index (χ1n) is 4.56. The highest BCUT2D eigenvalue weighted by atomic mass is 15.2. The maximum absolute atomic E-state index is 5.79. The molecule has 2 aromatic heterocycles. The predicted octanol–water partition coefficient (Wildman–Crippen LogP) is 0.702. The van der Waals surface area contributed by atoms with Crippen molar-refractivity contribution in [3.05, 3.63) is 30.0 Å². The second-order valence-electron chi connectivity index (χ2n) is 3.24. The van der Waals surface area contributed by atoms with Crippen LogP contribution in [-0.4, -0.2) is 20.2 Å². The lowest BCUT2D eigenvalue weighted by Gasteiger charge is -2.06.